The Hall–Kier alpha value is -2.80. The minimum absolute atomic E-state index is 0.141. The smallest absolute Gasteiger partial charge is 0.348 e. The van der Waals surface area contributed by atoms with Gasteiger partial charge < -0.3 is 10.1 Å². The van der Waals surface area contributed by atoms with E-state index in [0.717, 1.165) is 11.3 Å². The molecular weight excluding hydrogens is 330 g/mol. The van der Waals surface area contributed by atoms with Gasteiger partial charge in [0.15, 0.2) is 18.2 Å². The van der Waals surface area contributed by atoms with Gasteiger partial charge >= 0.3 is 5.97 Å². The maximum absolute atomic E-state index is 11.9. The van der Waals surface area contributed by atoms with E-state index >= 15 is 0 Å². The predicted molar refractivity (Wildman–Crippen MR) is 89.7 cm³/mol. The van der Waals surface area contributed by atoms with E-state index in [-0.39, 0.29) is 16.4 Å². The second-order valence-corrected chi connectivity index (χ2v) is 6.03. The number of hydrogen-bond acceptors (Lipinski definition) is 6. The van der Waals surface area contributed by atoms with Crippen molar-refractivity contribution < 1.29 is 23.9 Å². The second kappa shape index (κ2) is 7.65. The topological polar surface area (TPSA) is 89.5 Å². The number of Topliss-reactive ketones (excluding diaryl/α,β-unsaturated/α-hetero) is 2. The summed E-state index contributed by atoms with van der Waals surface area (Å²) in [5.74, 6) is -1.56. The van der Waals surface area contributed by atoms with Gasteiger partial charge in [0, 0.05) is 5.56 Å². The van der Waals surface area contributed by atoms with E-state index in [4.69, 9.17) is 4.74 Å². The lowest BCUT2D eigenvalue weighted by Gasteiger charge is -2.09. The van der Waals surface area contributed by atoms with Crippen molar-refractivity contribution in [1.82, 2.24) is 0 Å². The number of hydrogen-bond donors (Lipinski definition) is 1. The van der Waals surface area contributed by atoms with E-state index in [9.17, 15) is 19.2 Å². The molecule has 1 aromatic heterocycles. The number of anilines is 1. The monoisotopic (exact) mass is 345 g/mol. The van der Waals surface area contributed by atoms with Gasteiger partial charge in [0.25, 0.3) is 5.91 Å². The first-order chi connectivity index (χ1) is 11.4. The molecule has 0 aliphatic heterocycles. The van der Waals surface area contributed by atoms with Crippen LogP contribution in [0, 0.1) is 0 Å². The molecule has 2 aromatic rings. The lowest BCUT2D eigenvalue weighted by atomic mass is 10.1. The third-order valence-corrected chi connectivity index (χ3v) is 4.24. The van der Waals surface area contributed by atoms with E-state index in [1.54, 1.807) is 24.3 Å². The minimum Gasteiger partial charge on any atom is -0.451 e. The van der Waals surface area contributed by atoms with Crippen LogP contribution in [0.5, 0.6) is 0 Å². The highest BCUT2D eigenvalue weighted by molar-refractivity contribution is 7.15. The molecule has 1 heterocycles. The number of rotatable bonds is 6. The van der Waals surface area contributed by atoms with E-state index in [1.165, 1.54) is 26.0 Å². The number of para-hydroxylation sites is 1. The van der Waals surface area contributed by atoms with Gasteiger partial charge in [0.05, 0.1) is 10.6 Å². The van der Waals surface area contributed by atoms with Crippen molar-refractivity contribution in [2.45, 2.75) is 13.8 Å². The third-order valence-electron chi connectivity index (χ3n) is 3.07. The number of carbonyl (C=O) groups is 4. The molecular formula is C17H15NO5S. The summed E-state index contributed by atoms with van der Waals surface area (Å²) in [6.45, 7) is 2.31. The molecule has 0 aliphatic rings. The molecule has 7 heteroatoms. The zero-order valence-corrected chi connectivity index (χ0v) is 13.9. The summed E-state index contributed by atoms with van der Waals surface area (Å²) in [4.78, 5) is 47.1. The van der Waals surface area contributed by atoms with Gasteiger partial charge in [-0.1, -0.05) is 12.1 Å². The summed E-state index contributed by atoms with van der Waals surface area (Å²) in [7, 11) is 0. The Morgan fingerprint density at radius 1 is 0.958 bits per heavy atom. The van der Waals surface area contributed by atoms with Crippen LogP contribution in [0.4, 0.5) is 5.69 Å². The van der Waals surface area contributed by atoms with Crippen molar-refractivity contribution in [3.8, 4) is 0 Å². The maximum Gasteiger partial charge on any atom is 0.348 e. The zero-order chi connectivity index (χ0) is 17.7. The second-order valence-electron chi connectivity index (χ2n) is 4.95. The first-order valence-electron chi connectivity index (χ1n) is 7.06. The molecule has 0 fully saturated rings. The fourth-order valence-electron chi connectivity index (χ4n) is 1.92. The minimum atomic E-state index is -0.678. The van der Waals surface area contributed by atoms with Gasteiger partial charge in [-0.25, -0.2) is 4.79 Å². The van der Waals surface area contributed by atoms with Crippen LogP contribution in [0.25, 0.3) is 0 Å². The molecule has 6 nitrogen and oxygen atoms in total. The Morgan fingerprint density at radius 3 is 2.25 bits per heavy atom. The maximum atomic E-state index is 11.9. The predicted octanol–water partition coefficient (Wildman–Crippen LogP) is 2.95. The number of ether oxygens (including phenoxy) is 1. The molecule has 0 saturated heterocycles. The lowest BCUT2D eigenvalue weighted by molar-refractivity contribution is -0.119. The average molecular weight is 345 g/mol. The number of ketones is 2. The van der Waals surface area contributed by atoms with E-state index in [1.807, 2.05) is 0 Å². The van der Waals surface area contributed by atoms with Crippen LogP contribution in [0.1, 0.15) is 43.5 Å². The van der Waals surface area contributed by atoms with Gasteiger partial charge in [-0.15, -0.1) is 11.3 Å². The molecule has 0 radical (unpaired) electrons. The van der Waals surface area contributed by atoms with Gasteiger partial charge in [0.2, 0.25) is 0 Å². The molecule has 1 N–H and O–H groups in total. The van der Waals surface area contributed by atoms with Crippen LogP contribution in [-0.2, 0) is 9.53 Å². The fraction of sp³-hybridized carbons (Fsp3) is 0.176. The van der Waals surface area contributed by atoms with Crippen LogP contribution in [0.2, 0.25) is 0 Å². The molecule has 1 aromatic carbocycles. The van der Waals surface area contributed by atoms with Crippen molar-refractivity contribution in [3.05, 3.63) is 51.7 Å². The van der Waals surface area contributed by atoms with Gasteiger partial charge in [0.1, 0.15) is 4.88 Å². The number of benzene rings is 1. The van der Waals surface area contributed by atoms with Crippen LogP contribution in [0.3, 0.4) is 0 Å². The molecule has 0 bridgehead atoms. The summed E-state index contributed by atoms with van der Waals surface area (Å²) in [5.41, 5.74) is 0.738. The van der Waals surface area contributed by atoms with E-state index < -0.39 is 18.5 Å². The molecule has 0 spiro atoms. The Bertz CT molecular complexity index is 809. The number of thiophene rings is 1. The average Bonchev–Trinajstić information content (AvgIpc) is 3.03. The molecule has 124 valence electrons. The molecule has 0 atom stereocenters. The summed E-state index contributed by atoms with van der Waals surface area (Å²) < 4.78 is 4.92. The van der Waals surface area contributed by atoms with Gasteiger partial charge in [-0.05, 0) is 38.1 Å². The highest BCUT2D eigenvalue weighted by Gasteiger charge is 2.15. The first kappa shape index (κ1) is 17.6. The van der Waals surface area contributed by atoms with E-state index in [0.29, 0.717) is 16.1 Å². The van der Waals surface area contributed by atoms with Crippen LogP contribution >= 0.6 is 11.3 Å². The Balaban J connectivity index is 1.94. The Kier molecular flexibility index (Phi) is 5.59. The van der Waals surface area contributed by atoms with Crippen molar-refractivity contribution in [2.75, 3.05) is 11.9 Å². The lowest BCUT2D eigenvalue weighted by Crippen LogP contribution is -2.21. The molecule has 1 amide bonds. The molecule has 0 unspecified atom stereocenters. The van der Waals surface area contributed by atoms with Crippen molar-refractivity contribution in [2.24, 2.45) is 0 Å². The number of carbonyl (C=O) groups excluding carboxylic acids is 4. The van der Waals surface area contributed by atoms with Crippen molar-refractivity contribution in [1.29, 1.82) is 0 Å². The van der Waals surface area contributed by atoms with Crippen LogP contribution < -0.4 is 5.32 Å². The molecule has 2 rings (SSSR count). The fourth-order valence-corrected chi connectivity index (χ4v) is 2.72. The summed E-state index contributed by atoms with van der Waals surface area (Å²) in [6, 6.07) is 9.58. The highest BCUT2D eigenvalue weighted by Crippen LogP contribution is 2.18. The Labute approximate surface area is 142 Å². The summed E-state index contributed by atoms with van der Waals surface area (Å²) in [5, 5.41) is 2.53. The quantitative estimate of drug-likeness (QED) is 0.642. The van der Waals surface area contributed by atoms with Crippen LogP contribution in [-0.4, -0.2) is 30.0 Å². The standard InChI is InChI=1S/C17H15NO5S/c1-10(19)12-5-3-4-6-13(12)18-16(21)9-23-17(22)15-8-7-14(24-15)11(2)20/h3-8H,9H2,1-2H3,(H,18,21). The van der Waals surface area contributed by atoms with Crippen molar-refractivity contribution in [3.63, 3.8) is 0 Å². The highest BCUT2D eigenvalue weighted by atomic mass is 32.1. The van der Waals surface area contributed by atoms with Crippen LogP contribution in [0.15, 0.2) is 36.4 Å². The molecule has 0 aliphatic carbocycles. The normalized spacial score (nSPS) is 10.1. The number of amides is 1. The summed E-state index contributed by atoms with van der Waals surface area (Å²) >= 11 is 1.01. The first-order valence-corrected chi connectivity index (χ1v) is 7.88. The Morgan fingerprint density at radius 2 is 1.62 bits per heavy atom. The number of nitrogens with one attached hydrogen (secondary N) is 1. The summed E-state index contributed by atoms with van der Waals surface area (Å²) in [6.07, 6.45) is 0. The molecule has 0 saturated carbocycles. The largest absolute Gasteiger partial charge is 0.451 e. The van der Waals surface area contributed by atoms with Gasteiger partial charge in [-0.2, -0.15) is 0 Å². The number of esters is 1. The third kappa shape index (κ3) is 4.36. The zero-order valence-electron chi connectivity index (χ0n) is 13.1. The van der Waals surface area contributed by atoms with E-state index in [2.05, 4.69) is 5.32 Å². The SMILES string of the molecule is CC(=O)c1ccc(C(=O)OCC(=O)Nc2ccccc2C(C)=O)s1. The molecule has 24 heavy (non-hydrogen) atoms. The van der Waals surface area contributed by atoms with Gasteiger partial charge in [-0.3, -0.25) is 14.4 Å². The van der Waals surface area contributed by atoms with Crippen molar-refractivity contribution >= 4 is 40.5 Å².